The van der Waals surface area contributed by atoms with Crippen LogP contribution in [-0.4, -0.2) is 11.7 Å². The van der Waals surface area contributed by atoms with E-state index in [9.17, 15) is 5.11 Å². The van der Waals surface area contributed by atoms with Gasteiger partial charge in [-0.3, -0.25) is 0 Å². The van der Waals surface area contributed by atoms with Gasteiger partial charge in [0.25, 0.3) is 0 Å². The third-order valence-electron chi connectivity index (χ3n) is 3.60. The lowest BCUT2D eigenvalue weighted by Gasteiger charge is -2.19. The number of halogens is 1. The minimum absolute atomic E-state index is 0.135. The van der Waals surface area contributed by atoms with Crippen LogP contribution in [0.15, 0.2) is 42.5 Å². The third-order valence-corrected chi connectivity index (χ3v) is 3.85. The molecule has 0 aromatic heterocycles. The van der Waals surface area contributed by atoms with Crippen LogP contribution in [0.25, 0.3) is 0 Å². The lowest BCUT2D eigenvalue weighted by atomic mass is 10.0. The number of ether oxygens (including phenoxy) is 1. The maximum atomic E-state index is 9.46. The second-order valence-electron chi connectivity index (χ2n) is 5.03. The number of hydrogen-bond acceptors (Lipinski definition) is 3. The van der Waals surface area contributed by atoms with Gasteiger partial charge in [-0.15, -0.1) is 0 Å². The lowest BCUT2D eigenvalue weighted by Crippen LogP contribution is -2.25. The molecule has 2 atom stereocenters. The van der Waals surface area contributed by atoms with Crippen molar-refractivity contribution in [2.24, 2.45) is 0 Å². The maximum Gasteiger partial charge on any atom is 0.127 e. The monoisotopic (exact) mass is 289 g/mol. The Bertz CT molecular complexity index is 612. The molecule has 2 aromatic carbocycles. The highest BCUT2D eigenvalue weighted by molar-refractivity contribution is 6.30. The van der Waals surface area contributed by atoms with E-state index in [4.69, 9.17) is 16.3 Å². The molecule has 20 heavy (non-hydrogen) atoms. The molecule has 1 unspecified atom stereocenters. The Morgan fingerprint density at radius 3 is 2.75 bits per heavy atom. The van der Waals surface area contributed by atoms with E-state index < -0.39 is 0 Å². The van der Waals surface area contributed by atoms with Crippen LogP contribution in [0.5, 0.6) is 11.5 Å². The van der Waals surface area contributed by atoms with Crippen molar-refractivity contribution in [3.05, 3.63) is 58.6 Å². The summed E-state index contributed by atoms with van der Waals surface area (Å²) in [5.41, 5.74) is 2.27. The predicted octanol–water partition coefficient (Wildman–Crippen LogP) is 3.83. The van der Waals surface area contributed by atoms with E-state index in [1.165, 1.54) is 5.56 Å². The molecule has 0 radical (unpaired) electrons. The van der Waals surface area contributed by atoms with Gasteiger partial charge in [0, 0.05) is 22.7 Å². The minimum atomic E-state index is 0.135. The van der Waals surface area contributed by atoms with Crippen LogP contribution in [0.3, 0.4) is 0 Å². The van der Waals surface area contributed by atoms with Crippen molar-refractivity contribution >= 4 is 11.6 Å². The molecule has 104 valence electrons. The second-order valence-corrected chi connectivity index (χ2v) is 5.46. The van der Waals surface area contributed by atoms with Gasteiger partial charge < -0.3 is 15.2 Å². The number of phenolic OH excluding ortho intramolecular Hbond substituents is 1. The van der Waals surface area contributed by atoms with Gasteiger partial charge in [-0.25, -0.2) is 0 Å². The first-order valence-corrected chi connectivity index (χ1v) is 6.98. The molecule has 0 spiro atoms. The van der Waals surface area contributed by atoms with Gasteiger partial charge in [-0.1, -0.05) is 23.7 Å². The van der Waals surface area contributed by atoms with Crippen molar-refractivity contribution in [1.29, 1.82) is 0 Å². The highest BCUT2D eigenvalue weighted by atomic mass is 35.5. The van der Waals surface area contributed by atoms with Crippen LogP contribution < -0.4 is 10.1 Å². The van der Waals surface area contributed by atoms with Crippen molar-refractivity contribution in [1.82, 2.24) is 5.32 Å². The van der Waals surface area contributed by atoms with E-state index in [2.05, 4.69) is 12.2 Å². The van der Waals surface area contributed by atoms with Crippen LogP contribution in [-0.2, 0) is 0 Å². The summed E-state index contributed by atoms with van der Waals surface area (Å²) in [4.78, 5) is 0. The van der Waals surface area contributed by atoms with Crippen LogP contribution in [0.2, 0.25) is 5.02 Å². The summed E-state index contributed by atoms with van der Waals surface area (Å²) in [6.45, 7) is 2.69. The summed E-state index contributed by atoms with van der Waals surface area (Å²) >= 11 is 5.90. The topological polar surface area (TPSA) is 41.5 Å². The summed E-state index contributed by atoms with van der Waals surface area (Å²) in [5, 5.41) is 13.7. The summed E-state index contributed by atoms with van der Waals surface area (Å²) in [7, 11) is 0. The molecular weight excluding hydrogens is 274 g/mol. The third kappa shape index (κ3) is 2.60. The van der Waals surface area contributed by atoms with Crippen LogP contribution in [0.1, 0.15) is 30.1 Å². The van der Waals surface area contributed by atoms with E-state index >= 15 is 0 Å². The van der Waals surface area contributed by atoms with Gasteiger partial charge in [0.15, 0.2) is 0 Å². The van der Waals surface area contributed by atoms with E-state index in [1.54, 1.807) is 12.1 Å². The summed E-state index contributed by atoms with van der Waals surface area (Å²) < 4.78 is 5.60. The van der Waals surface area contributed by atoms with Gasteiger partial charge in [0.1, 0.15) is 18.1 Å². The molecule has 3 nitrogen and oxygen atoms in total. The van der Waals surface area contributed by atoms with Crippen molar-refractivity contribution in [2.75, 3.05) is 6.61 Å². The fourth-order valence-corrected chi connectivity index (χ4v) is 2.61. The Morgan fingerprint density at radius 1 is 1.25 bits per heavy atom. The van der Waals surface area contributed by atoms with Crippen molar-refractivity contribution < 1.29 is 9.84 Å². The zero-order valence-electron chi connectivity index (χ0n) is 11.1. The molecule has 0 aliphatic carbocycles. The summed E-state index contributed by atoms with van der Waals surface area (Å²) in [5.74, 6) is 0.987. The van der Waals surface area contributed by atoms with E-state index in [0.717, 1.165) is 16.3 Å². The van der Waals surface area contributed by atoms with Gasteiger partial charge >= 0.3 is 0 Å². The average molecular weight is 290 g/mol. The van der Waals surface area contributed by atoms with Crippen molar-refractivity contribution in [2.45, 2.75) is 19.0 Å². The number of hydrogen-bond donors (Lipinski definition) is 2. The normalized spacial score (nSPS) is 18.4. The Kier molecular flexibility index (Phi) is 3.55. The van der Waals surface area contributed by atoms with E-state index in [-0.39, 0.29) is 17.8 Å². The molecule has 1 aliphatic rings. The number of fused-ring (bicyclic) bond motifs is 1. The van der Waals surface area contributed by atoms with Crippen molar-refractivity contribution in [3.63, 3.8) is 0 Å². The zero-order valence-corrected chi connectivity index (χ0v) is 11.9. The Morgan fingerprint density at radius 2 is 2.00 bits per heavy atom. The minimum Gasteiger partial charge on any atom is -0.508 e. The largest absolute Gasteiger partial charge is 0.508 e. The number of aromatic hydroxyl groups is 1. The second kappa shape index (κ2) is 5.35. The first kappa shape index (κ1) is 13.3. The van der Waals surface area contributed by atoms with E-state index in [1.807, 2.05) is 30.3 Å². The first-order valence-electron chi connectivity index (χ1n) is 6.61. The molecule has 2 aromatic rings. The lowest BCUT2D eigenvalue weighted by molar-refractivity contribution is 0.300. The predicted molar refractivity (Wildman–Crippen MR) is 79.3 cm³/mol. The number of phenols is 1. The van der Waals surface area contributed by atoms with Gasteiger partial charge in [0.2, 0.25) is 0 Å². The molecule has 0 saturated carbocycles. The van der Waals surface area contributed by atoms with Crippen molar-refractivity contribution in [3.8, 4) is 11.5 Å². The van der Waals surface area contributed by atoms with Crippen LogP contribution >= 0.6 is 11.6 Å². The van der Waals surface area contributed by atoms with Crippen LogP contribution in [0, 0.1) is 0 Å². The molecule has 0 saturated heterocycles. The van der Waals surface area contributed by atoms with Gasteiger partial charge in [-0.05, 0) is 36.8 Å². The average Bonchev–Trinajstić information content (AvgIpc) is 2.81. The highest BCUT2D eigenvalue weighted by Gasteiger charge is 2.25. The quantitative estimate of drug-likeness (QED) is 0.902. The summed E-state index contributed by atoms with van der Waals surface area (Å²) in [6, 6.07) is 13.4. The Labute approximate surface area is 123 Å². The van der Waals surface area contributed by atoms with Gasteiger partial charge in [-0.2, -0.15) is 0 Å². The fraction of sp³-hybridized carbons (Fsp3) is 0.250. The highest BCUT2D eigenvalue weighted by Crippen LogP contribution is 2.36. The van der Waals surface area contributed by atoms with E-state index in [0.29, 0.717) is 6.61 Å². The maximum absolute atomic E-state index is 9.46. The molecule has 0 fully saturated rings. The molecule has 0 amide bonds. The molecule has 1 aliphatic heterocycles. The SMILES string of the molecule is C[C@@H](NC1COc2cc(O)ccc21)c1ccc(Cl)cc1. The molecular formula is C16H16ClNO2. The molecule has 1 heterocycles. The smallest absolute Gasteiger partial charge is 0.127 e. The molecule has 4 heteroatoms. The zero-order chi connectivity index (χ0) is 14.1. The molecule has 3 rings (SSSR count). The van der Waals surface area contributed by atoms with Gasteiger partial charge in [0.05, 0.1) is 6.04 Å². The van der Waals surface area contributed by atoms with Crippen LogP contribution in [0.4, 0.5) is 0 Å². The first-order chi connectivity index (χ1) is 9.63. The Balaban J connectivity index is 1.75. The fourth-order valence-electron chi connectivity index (χ4n) is 2.49. The standard InChI is InChI=1S/C16H16ClNO2/c1-10(11-2-4-12(17)5-3-11)18-15-9-20-16-8-13(19)6-7-14(15)16/h2-8,10,15,18-19H,9H2,1H3/t10-,15?/m1/s1. The summed E-state index contributed by atoms with van der Waals surface area (Å²) in [6.07, 6.45) is 0. The molecule has 2 N–H and O–H groups in total. The number of rotatable bonds is 3. The Hall–Kier alpha value is -1.71. The molecule has 0 bridgehead atoms. The number of nitrogens with one attached hydrogen (secondary N) is 1. The number of benzene rings is 2.